The molecular weight excluding hydrogens is 308 g/mol. The Morgan fingerprint density at radius 2 is 1.79 bits per heavy atom. The minimum absolute atomic E-state index is 0.0697. The first-order valence-corrected chi connectivity index (χ1v) is 9.17. The molecule has 0 radical (unpaired) electrons. The molecule has 24 heavy (non-hydrogen) atoms. The van der Waals surface area contributed by atoms with Crippen LogP contribution in [0.1, 0.15) is 13.8 Å². The van der Waals surface area contributed by atoms with Gasteiger partial charge in [0.15, 0.2) is 0 Å². The van der Waals surface area contributed by atoms with Gasteiger partial charge in [0.1, 0.15) is 0 Å². The summed E-state index contributed by atoms with van der Waals surface area (Å²) in [7, 11) is 1.73. The SMILES string of the molecule is COCCN1CCN(C(=O)NC[C@H](C(C)C)N2CCOCC2)CC1. The normalized spacial score (nSPS) is 21.9. The van der Waals surface area contributed by atoms with E-state index in [0.717, 1.165) is 65.6 Å². The molecule has 0 spiro atoms. The third kappa shape index (κ3) is 5.88. The summed E-state index contributed by atoms with van der Waals surface area (Å²) in [5.74, 6) is 0.509. The third-order valence-corrected chi connectivity index (χ3v) is 5.02. The lowest BCUT2D eigenvalue weighted by Gasteiger charge is -2.38. The minimum Gasteiger partial charge on any atom is -0.383 e. The lowest BCUT2D eigenvalue weighted by Crippen LogP contribution is -2.55. The van der Waals surface area contributed by atoms with Crippen LogP contribution in [0.15, 0.2) is 0 Å². The smallest absolute Gasteiger partial charge is 0.317 e. The number of morpholine rings is 1. The van der Waals surface area contributed by atoms with Crippen LogP contribution in [0.5, 0.6) is 0 Å². The number of hydrogen-bond donors (Lipinski definition) is 1. The molecule has 2 aliphatic heterocycles. The van der Waals surface area contributed by atoms with Crippen LogP contribution in [-0.4, -0.2) is 106 Å². The van der Waals surface area contributed by atoms with Crippen molar-refractivity contribution in [1.82, 2.24) is 20.0 Å². The second-order valence-electron chi connectivity index (χ2n) is 6.97. The Balaban J connectivity index is 1.73. The Morgan fingerprint density at radius 3 is 2.38 bits per heavy atom. The first kappa shape index (κ1) is 19.4. The Kier molecular flexibility index (Phi) is 8.24. The maximum atomic E-state index is 12.5. The van der Waals surface area contributed by atoms with E-state index in [9.17, 15) is 4.79 Å². The van der Waals surface area contributed by atoms with Crippen molar-refractivity contribution in [3.05, 3.63) is 0 Å². The molecule has 0 aromatic rings. The first-order chi connectivity index (χ1) is 11.6. The van der Waals surface area contributed by atoms with Crippen molar-refractivity contribution in [3.63, 3.8) is 0 Å². The second kappa shape index (κ2) is 10.2. The summed E-state index contributed by atoms with van der Waals surface area (Å²) in [6, 6.07) is 0.446. The van der Waals surface area contributed by atoms with E-state index in [1.54, 1.807) is 7.11 Å². The predicted octanol–water partition coefficient (Wildman–Crippen LogP) is 0.317. The molecule has 140 valence electrons. The van der Waals surface area contributed by atoms with Gasteiger partial charge in [-0.3, -0.25) is 9.80 Å². The van der Waals surface area contributed by atoms with Gasteiger partial charge in [-0.1, -0.05) is 13.8 Å². The predicted molar refractivity (Wildman–Crippen MR) is 94.3 cm³/mol. The van der Waals surface area contributed by atoms with E-state index >= 15 is 0 Å². The molecule has 2 heterocycles. The van der Waals surface area contributed by atoms with Crippen molar-refractivity contribution in [3.8, 4) is 0 Å². The summed E-state index contributed by atoms with van der Waals surface area (Å²) in [5, 5.41) is 3.15. The number of nitrogens with one attached hydrogen (secondary N) is 1. The number of amides is 2. The molecule has 2 fully saturated rings. The lowest BCUT2D eigenvalue weighted by molar-refractivity contribution is 0.00680. The topological polar surface area (TPSA) is 57.3 Å². The first-order valence-electron chi connectivity index (χ1n) is 9.17. The highest BCUT2D eigenvalue weighted by Gasteiger charge is 2.26. The fourth-order valence-corrected chi connectivity index (χ4v) is 3.39. The van der Waals surface area contributed by atoms with Gasteiger partial charge in [0.05, 0.1) is 19.8 Å². The van der Waals surface area contributed by atoms with Gasteiger partial charge in [-0.2, -0.15) is 0 Å². The van der Waals surface area contributed by atoms with Gasteiger partial charge in [0, 0.05) is 65.5 Å². The van der Waals surface area contributed by atoms with Crippen molar-refractivity contribution in [1.29, 1.82) is 0 Å². The van der Waals surface area contributed by atoms with E-state index < -0.39 is 0 Å². The molecule has 0 aromatic heterocycles. The summed E-state index contributed by atoms with van der Waals surface area (Å²) in [5.41, 5.74) is 0. The Morgan fingerprint density at radius 1 is 1.12 bits per heavy atom. The number of urea groups is 1. The summed E-state index contributed by atoms with van der Waals surface area (Å²) < 4.78 is 10.6. The van der Waals surface area contributed by atoms with Crippen LogP contribution in [0, 0.1) is 5.92 Å². The zero-order valence-electron chi connectivity index (χ0n) is 15.5. The maximum Gasteiger partial charge on any atom is 0.317 e. The van der Waals surface area contributed by atoms with Crippen molar-refractivity contribution in [2.75, 3.05) is 79.3 Å². The average molecular weight is 342 g/mol. The van der Waals surface area contributed by atoms with Gasteiger partial charge in [-0.25, -0.2) is 4.79 Å². The fourth-order valence-electron chi connectivity index (χ4n) is 3.39. The number of piperazine rings is 1. The van der Waals surface area contributed by atoms with E-state index in [-0.39, 0.29) is 6.03 Å². The molecule has 7 heteroatoms. The van der Waals surface area contributed by atoms with Crippen molar-refractivity contribution < 1.29 is 14.3 Å². The van der Waals surface area contributed by atoms with Crippen LogP contribution in [0.25, 0.3) is 0 Å². The number of hydrogen-bond acceptors (Lipinski definition) is 5. The van der Waals surface area contributed by atoms with Crippen molar-refractivity contribution >= 4 is 6.03 Å². The molecule has 7 nitrogen and oxygen atoms in total. The summed E-state index contributed by atoms with van der Waals surface area (Å²) in [6.07, 6.45) is 0. The number of carbonyl (C=O) groups excluding carboxylic acids is 1. The number of carbonyl (C=O) groups is 1. The van der Waals surface area contributed by atoms with E-state index in [1.807, 2.05) is 4.90 Å². The molecular formula is C17H34N4O3. The number of rotatable bonds is 7. The quantitative estimate of drug-likeness (QED) is 0.722. The summed E-state index contributed by atoms with van der Waals surface area (Å²) in [6.45, 7) is 13.8. The molecule has 2 amide bonds. The maximum absolute atomic E-state index is 12.5. The second-order valence-corrected chi connectivity index (χ2v) is 6.97. The van der Waals surface area contributed by atoms with Crippen LogP contribution in [0.4, 0.5) is 4.79 Å². The molecule has 0 aliphatic carbocycles. The van der Waals surface area contributed by atoms with Crippen molar-refractivity contribution in [2.24, 2.45) is 5.92 Å². The van der Waals surface area contributed by atoms with Crippen molar-refractivity contribution in [2.45, 2.75) is 19.9 Å². The van der Waals surface area contributed by atoms with Gasteiger partial charge < -0.3 is 19.7 Å². The fraction of sp³-hybridized carbons (Fsp3) is 0.941. The number of methoxy groups -OCH3 is 1. The lowest BCUT2D eigenvalue weighted by atomic mass is 10.0. The number of ether oxygens (including phenoxy) is 2. The molecule has 0 bridgehead atoms. The highest BCUT2D eigenvalue weighted by molar-refractivity contribution is 5.74. The Bertz CT molecular complexity index is 367. The molecule has 0 unspecified atom stereocenters. The van der Waals surface area contributed by atoms with Gasteiger partial charge >= 0.3 is 6.03 Å². The highest BCUT2D eigenvalue weighted by Crippen LogP contribution is 2.12. The molecule has 0 saturated carbocycles. The van der Waals surface area contributed by atoms with Crippen LogP contribution < -0.4 is 5.32 Å². The monoisotopic (exact) mass is 342 g/mol. The summed E-state index contributed by atoms with van der Waals surface area (Å²) in [4.78, 5) is 19.2. The standard InChI is InChI=1S/C17H34N4O3/c1-15(2)16(20-9-12-24-13-10-20)14-18-17(22)21-6-4-19(5-7-21)8-11-23-3/h15-16H,4-14H2,1-3H3,(H,18,22)/t16-/m1/s1. The zero-order chi connectivity index (χ0) is 17.4. The Labute approximate surface area is 146 Å². The average Bonchev–Trinajstić information content (AvgIpc) is 2.61. The van der Waals surface area contributed by atoms with E-state index in [1.165, 1.54) is 0 Å². The molecule has 1 N–H and O–H groups in total. The highest BCUT2D eigenvalue weighted by atomic mass is 16.5. The van der Waals surface area contributed by atoms with E-state index in [4.69, 9.17) is 9.47 Å². The van der Waals surface area contributed by atoms with Gasteiger partial charge in [0.25, 0.3) is 0 Å². The van der Waals surface area contributed by atoms with E-state index in [2.05, 4.69) is 29.0 Å². The van der Waals surface area contributed by atoms with E-state index in [0.29, 0.717) is 18.5 Å². The van der Waals surface area contributed by atoms with Crippen LogP contribution >= 0.6 is 0 Å². The largest absolute Gasteiger partial charge is 0.383 e. The van der Waals surface area contributed by atoms with Gasteiger partial charge in [-0.05, 0) is 5.92 Å². The van der Waals surface area contributed by atoms with Gasteiger partial charge in [-0.15, -0.1) is 0 Å². The molecule has 2 rings (SSSR count). The summed E-state index contributed by atoms with van der Waals surface area (Å²) >= 11 is 0. The molecule has 0 aromatic carbocycles. The minimum atomic E-state index is 0.0697. The molecule has 1 atom stereocenters. The Hall–Kier alpha value is -0.890. The van der Waals surface area contributed by atoms with Crippen LogP contribution in [0.3, 0.4) is 0 Å². The number of nitrogens with zero attached hydrogens (tertiary/aromatic N) is 3. The molecule has 2 saturated heterocycles. The zero-order valence-corrected chi connectivity index (χ0v) is 15.5. The van der Waals surface area contributed by atoms with Gasteiger partial charge in [0.2, 0.25) is 0 Å². The molecule has 2 aliphatic rings. The van der Waals surface area contributed by atoms with Crippen LogP contribution in [-0.2, 0) is 9.47 Å². The third-order valence-electron chi connectivity index (χ3n) is 5.02. The van der Waals surface area contributed by atoms with Crippen LogP contribution in [0.2, 0.25) is 0 Å².